The lowest BCUT2D eigenvalue weighted by atomic mass is 9.88. The molecule has 1 fully saturated rings. The van der Waals surface area contributed by atoms with E-state index in [2.05, 4.69) is 44.9 Å². The Balaban J connectivity index is 2.08. The maximum Gasteiger partial charge on any atom is 0.132 e. The average molecular weight is 259 g/mol. The van der Waals surface area contributed by atoms with E-state index in [0.29, 0.717) is 11.7 Å². The van der Waals surface area contributed by atoms with Gasteiger partial charge in [0.05, 0.1) is 0 Å². The molecule has 1 saturated carbocycles. The number of rotatable bonds is 3. The lowest BCUT2D eigenvalue weighted by Gasteiger charge is -2.30. The van der Waals surface area contributed by atoms with Crippen molar-refractivity contribution in [3.8, 4) is 0 Å². The SMILES string of the molecule is Cc1cc(C)c(N(C)CC2CCC(=O)CC2)c(C)c1. The zero-order valence-electron chi connectivity index (χ0n) is 12.6. The number of benzene rings is 1. The summed E-state index contributed by atoms with van der Waals surface area (Å²) in [6.07, 6.45) is 3.69. The van der Waals surface area contributed by atoms with Crippen LogP contribution < -0.4 is 4.90 Å². The van der Waals surface area contributed by atoms with Crippen molar-refractivity contribution in [3.05, 3.63) is 28.8 Å². The number of ketones is 1. The fourth-order valence-electron chi connectivity index (χ4n) is 3.44. The molecule has 0 amide bonds. The van der Waals surface area contributed by atoms with Gasteiger partial charge in [-0.15, -0.1) is 0 Å². The highest BCUT2D eigenvalue weighted by atomic mass is 16.1. The van der Waals surface area contributed by atoms with E-state index in [1.54, 1.807) is 0 Å². The zero-order valence-corrected chi connectivity index (χ0v) is 12.6. The van der Waals surface area contributed by atoms with Gasteiger partial charge in [-0.3, -0.25) is 4.79 Å². The van der Waals surface area contributed by atoms with Gasteiger partial charge < -0.3 is 4.90 Å². The summed E-state index contributed by atoms with van der Waals surface area (Å²) in [6.45, 7) is 7.60. The van der Waals surface area contributed by atoms with Gasteiger partial charge in [-0.1, -0.05) is 17.7 Å². The molecule has 1 aliphatic rings. The van der Waals surface area contributed by atoms with Crippen LogP contribution in [0.3, 0.4) is 0 Å². The second-order valence-electron chi connectivity index (χ2n) is 6.11. The van der Waals surface area contributed by atoms with Gasteiger partial charge in [-0.2, -0.15) is 0 Å². The summed E-state index contributed by atoms with van der Waals surface area (Å²) in [6, 6.07) is 4.51. The summed E-state index contributed by atoms with van der Waals surface area (Å²) in [4.78, 5) is 13.7. The van der Waals surface area contributed by atoms with Crippen LogP contribution in [0.2, 0.25) is 0 Å². The Bertz CT molecular complexity index is 445. The van der Waals surface area contributed by atoms with Crippen LogP contribution in [0.25, 0.3) is 0 Å². The van der Waals surface area contributed by atoms with Crippen molar-refractivity contribution in [3.63, 3.8) is 0 Å². The summed E-state index contributed by atoms with van der Waals surface area (Å²) in [5.41, 5.74) is 5.40. The molecule has 0 radical (unpaired) electrons. The number of aryl methyl sites for hydroxylation is 3. The van der Waals surface area contributed by atoms with E-state index in [1.807, 2.05) is 0 Å². The Morgan fingerprint density at radius 3 is 2.16 bits per heavy atom. The lowest BCUT2D eigenvalue weighted by Crippen LogP contribution is -2.29. The molecule has 19 heavy (non-hydrogen) atoms. The number of hydrogen-bond acceptors (Lipinski definition) is 2. The quantitative estimate of drug-likeness (QED) is 0.822. The molecular formula is C17H25NO. The predicted octanol–water partition coefficient (Wildman–Crippen LogP) is 3.81. The number of Topliss-reactive ketones (excluding diaryl/α,β-unsaturated/α-hetero) is 1. The van der Waals surface area contributed by atoms with E-state index < -0.39 is 0 Å². The van der Waals surface area contributed by atoms with Crippen molar-refractivity contribution in [1.82, 2.24) is 0 Å². The molecule has 0 bridgehead atoms. The van der Waals surface area contributed by atoms with Gasteiger partial charge in [0.15, 0.2) is 0 Å². The van der Waals surface area contributed by atoms with Crippen LogP contribution in [0.1, 0.15) is 42.4 Å². The molecule has 0 aromatic heterocycles. The van der Waals surface area contributed by atoms with E-state index >= 15 is 0 Å². The maximum atomic E-state index is 11.3. The van der Waals surface area contributed by atoms with Crippen LogP contribution in [-0.2, 0) is 4.79 Å². The molecule has 2 heteroatoms. The lowest BCUT2D eigenvalue weighted by molar-refractivity contribution is -0.120. The molecule has 0 saturated heterocycles. The Kier molecular flexibility index (Phi) is 4.28. The Labute approximate surface area is 116 Å². The molecule has 0 spiro atoms. The van der Waals surface area contributed by atoms with E-state index in [9.17, 15) is 4.79 Å². The first-order valence-electron chi connectivity index (χ1n) is 7.28. The minimum Gasteiger partial charge on any atom is -0.374 e. The smallest absolute Gasteiger partial charge is 0.132 e. The maximum absolute atomic E-state index is 11.3. The van der Waals surface area contributed by atoms with Crippen molar-refractivity contribution in [1.29, 1.82) is 0 Å². The van der Waals surface area contributed by atoms with Gasteiger partial charge in [0.25, 0.3) is 0 Å². The molecule has 2 nitrogen and oxygen atoms in total. The third-order valence-electron chi connectivity index (χ3n) is 4.21. The number of anilines is 1. The van der Waals surface area contributed by atoms with E-state index in [0.717, 1.165) is 32.2 Å². The molecular weight excluding hydrogens is 234 g/mol. The molecule has 0 heterocycles. The normalized spacial score (nSPS) is 16.7. The zero-order chi connectivity index (χ0) is 14.0. The van der Waals surface area contributed by atoms with Crippen LogP contribution in [0, 0.1) is 26.7 Å². The van der Waals surface area contributed by atoms with Gasteiger partial charge in [-0.05, 0) is 50.7 Å². The number of hydrogen-bond donors (Lipinski definition) is 0. The van der Waals surface area contributed by atoms with Crippen molar-refractivity contribution >= 4 is 11.5 Å². The Hall–Kier alpha value is -1.31. The monoisotopic (exact) mass is 259 g/mol. The topological polar surface area (TPSA) is 20.3 Å². The average Bonchev–Trinajstić information content (AvgIpc) is 2.30. The summed E-state index contributed by atoms with van der Waals surface area (Å²) >= 11 is 0. The summed E-state index contributed by atoms with van der Waals surface area (Å²) in [7, 11) is 2.18. The molecule has 2 rings (SSSR count). The van der Waals surface area contributed by atoms with Crippen LogP contribution in [-0.4, -0.2) is 19.4 Å². The minimum absolute atomic E-state index is 0.446. The third-order valence-corrected chi connectivity index (χ3v) is 4.21. The van der Waals surface area contributed by atoms with Gasteiger partial charge in [-0.25, -0.2) is 0 Å². The number of nitrogens with zero attached hydrogens (tertiary/aromatic N) is 1. The van der Waals surface area contributed by atoms with Crippen molar-refractivity contribution in [2.24, 2.45) is 5.92 Å². The van der Waals surface area contributed by atoms with Gasteiger partial charge in [0, 0.05) is 32.1 Å². The van der Waals surface area contributed by atoms with Crippen LogP contribution in [0.15, 0.2) is 12.1 Å². The van der Waals surface area contributed by atoms with Gasteiger partial charge in [0.2, 0.25) is 0 Å². The molecule has 1 aromatic carbocycles. The van der Waals surface area contributed by atoms with Crippen LogP contribution >= 0.6 is 0 Å². The second kappa shape index (κ2) is 5.77. The largest absolute Gasteiger partial charge is 0.374 e. The van der Waals surface area contributed by atoms with Gasteiger partial charge >= 0.3 is 0 Å². The first-order chi connectivity index (χ1) is 8.97. The van der Waals surface area contributed by atoms with Gasteiger partial charge in [0.1, 0.15) is 5.78 Å². The van der Waals surface area contributed by atoms with Crippen molar-refractivity contribution < 1.29 is 4.79 Å². The first-order valence-corrected chi connectivity index (χ1v) is 7.28. The fourth-order valence-corrected chi connectivity index (χ4v) is 3.44. The van der Waals surface area contributed by atoms with E-state index in [-0.39, 0.29) is 0 Å². The highest BCUT2D eigenvalue weighted by molar-refractivity contribution is 5.79. The fraction of sp³-hybridized carbons (Fsp3) is 0.588. The number of carbonyl (C=O) groups excluding carboxylic acids is 1. The second-order valence-corrected chi connectivity index (χ2v) is 6.11. The molecule has 104 valence electrons. The number of carbonyl (C=O) groups is 1. The summed E-state index contributed by atoms with van der Waals surface area (Å²) in [5.74, 6) is 1.12. The summed E-state index contributed by atoms with van der Waals surface area (Å²) < 4.78 is 0. The van der Waals surface area contributed by atoms with E-state index in [4.69, 9.17) is 0 Å². The Morgan fingerprint density at radius 2 is 1.63 bits per heavy atom. The molecule has 0 atom stereocenters. The molecule has 0 aliphatic heterocycles. The summed E-state index contributed by atoms with van der Waals surface area (Å²) in [5, 5.41) is 0. The van der Waals surface area contributed by atoms with Crippen LogP contribution in [0.4, 0.5) is 5.69 Å². The minimum atomic E-state index is 0.446. The third kappa shape index (κ3) is 3.37. The molecule has 1 aromatic rings. The predicted molar refractivity (Wildman–Crippen MR) is 80.9 cm³/mol. The van der Waals surface area contributed by atoms with Crippen molar-refractivity contribution in [2.45, 2.75) is 46.5 Å². The Morgan fingerprint density at radius 1 is 1.11 bits per heavy atom. The highest BCUT2D eigenvalue weighted by Gasteiger charge is 2.21. The van der Waals surface area contributed by atoms with Crippen molar-refractivity contribution in [2.75, 3.05) is 18.5 Å². The first kappa shape index (κ1) is 14.1. The standard InChI is InChI=1S/C17H25NO/c1-12-9-13(2)17(14(3)10-12)18(4)11-15-5-7-16(19)8-6-15/h9-10,15H,5-8,11H2,1-4H3. The molecule has 0 unspecified atom stereocenters. The molecule has 1 aliphatic carbocycles. The van der Waals surface area contributed by atoms with Crippen LogP contribution in [0.5, 0.6) is 0 Å². The van der Waals surface area contributed by atoms with E-state index in [1.165, 1.54) is 22.4 Å². The highest BCUT2D eigenvalue weighted by Crippen LogP contribution is 2.29. The molecule has 0 N–H and O–H groups in total.